The number of pyridine rings is 1. The molecule has 1 aromatic carbocycles. The highest BCUT2D eigenvalue weighted by molar-refractivity contribution is 9.10. The molecule has 0 atom stereocenters. The van der Waals surface area contributed by atoms with Gasteiger partial charge in [0.05, 0.1) is 4.47 Å². The number of nitrogens with two attached hydrogens (primary N) is 1. The smallest absolute Gasteiger partial charge is 0.439 e. The summed E-state index contributed by atoms with van der Waals surface area (Å²) in [5, 5.41) is 0. The van der Waals surface area contributed by atoms with Gasteiger partial charge in [0.2, 0.25) is 5.88 Å². The fraction of sp³-hybridized carbons (Fsp3) is 0.0833. The maximum Gasteiger partial charge on any atom is 0.573 e. The van der Waals surface area contributed by atoms with Crippen LogP contribution in [0.4, 0.5) is 19.0 Å². The minimum atomic E-state index is -4.75. The van der Waals surface area contributed by atoms with E-state index < -0.39 is 6.36 Å². The number of ether oxygens (including phenoxy) is 2. The summed E-state index contributed by atoms with van der Waals surface area (Å²) in [4.78, 5) is 3.91. The summed E-state index contributed by atoms with van der Waals surface area (Å²) in [6, 6.07) is 8.61. The van der Waals surface area contributed by atoms with E-state index in [-0.39, 0.29) is 21.9 Å². The zero-order valence-corrected chi connectivity index (χ0v) is 11.4. The Hall–Kier alpha value is -1.96. The van der Waals surface area contributed by atoms with Crippen molar-refractivity contribution in [1.29, 1.82) is 0 Å². The molecule has 1 heterocycles. The third kappa shape index (κ3) is 4.02. The van der Waals surface area contributed by atoms with Gasteiger partial charge in [-0.05, 0) is 40.2 Å². The lowest BCUT2D eigenvalue weighted by Crippen LogP contribution is -2.17. The van der Waals surface area contributed by atoms with Gasteiger partial charge >= 0.3 is 6.36 Å². The summed E-state index contributed by atoms with van der Waals surface area (Å²) in [5.41, 5.74) is 5.49. The largest absolute Gasteiger partial charge is 0.573 e. The van der Waals surface area contributed by atoms with Crippen LogP contribution in [0.5, 0.6) is 17.4 Å². The van der Waals surface area contributed by atoms with E-state index >= 15 is 0 Å². The SMILES string of the molecule is Nc1cccc(Oc2ccc(OC(F)(F)F)c(Br)c2)n1. The molecule has 0 saturated carbocycles. The van der Waals surface area contributed by atoms with Gasteiger partial charge in [-0.15, -0.1) is 13.2 Å². The molecule has 0 amide bonds. The van der Waals surface area contributed by atoms with Gasteiger partial charge in [0.25, 0.3) is 0 Å². The number of alkyl halides is 3. The first kappa shape index (κ1) is 14.4. The summed E-state index contributed by atoms with van der Waals surface area (Å²) < 4.78 is 45.6. The van der Waals surface area contributed by atoms with Crippen molar-refractivity contribution in [2.24, 2.45) is 0 Å². The first-order valence-corrected chi connectivity index (χ1v) is 6.08. The number of nitrogen functional groups attached to an aromatic ring is 1. The molecule has 0 aliphatic rings. The van der Waals surface area contributed by atoms with E-state index in [1.165, 1.54) is 12.1 Å². The molecule has 1 aromatic heterocycles. The molecule has 0 aliphatic carbocycles. The van der Waals surface area contributed by atoms with E-state index in [1.807, 2.05) is 0 Å². The van der Waals surface area contributed by atoms with Crippen molar-refractivity contribution in [2.75, 3.05) is 5.73 Å². The van der Waals surface area contributed by atoms with Gasteiger partial charge in [0.15, 0.2) is 0 Å². The van der Waals surface area contributed by atoms with E-state index in [0.717, 1.165) is 6.07 Å². The van der Waals surface area contributed by atoms with Gasteiger partial charge < -0.3 is 15.2 Å². The number of rotatable bonds is 3. The Labute approximate surface area is 120 Å². The van der Waals surface area contributed by atoms with Crippen LogP contribution < -0.4 is 15.2 Å². The predicted molar refractivity (Wildman–Crippen MR) is 69.5 cm³/mol. The van der Waals surface area contributed by atoms with Crippen LogP contribution >= 0.6 is 15.9 Å². The third-order valence-corrected chi connectivity index (χ3v) is 2.72. The highest BCUT2D eigenvalue weighted by atomic mass is 79.9. The number of hydrogen-bond donors (Lipinski definition) is 1. The van der Waals surface area contributed by atoms with E-state index in [1.54, 1.807) is 18.2 Å². The highest BCUT2D eigenvalue weighted by Gasteiger charge is 2.32. The second-order valence-corrected chi connectivity index (χ2v) is 4.50. The van der Waals surface area contributed by atoms with Crippen LogP contribution in [0.15, 0.2) is 40.9 Å². The molecule has 0 bridgehead atoms. The summed E-state index contributed by atoms with van der Waals surface area (Å²) in [5.74, 6) is 0.454. The summed E-state index contributed by atoms with van der Waals surface area (Å²) in [6.07, 6.45) is -4.75. The minimum Gasteiger partial charge on any atom is -0.439 e. The van der Waals surface area contributed by atoms with Crippen molar-refractivity contribution >= 4 is 21.7 Å². The van der Waals surface area contributed by atoms with Gasteiger partial charge in [0, 0.05) is 6.07 Å². The molecule has 2 rings (SSSR count). The fourth-order valence-corrected chi connectivity index (χ4v) is 1.80. The molecule has 20 heavy (non-hydrogen) atoms. The molecule has 8 heteroatoms. The monoisotopic (exact) mass is 348 g/mol. The Kier molecular flexibility index (Phi) is 4.03. The number of nitrogens with zero attached hydrogens (tertiary/aromatic N) is 1. The van der Waals surface area contributed by atoms with Crippen molar-refractivity contribution in [3.05, 3.63) is 40.9 Å². The van der Waals surface area contributed by atoms with Crippen LogP contribution in [0.25, 0.3) is 0 Å². The average Bonchev–Trinajstić information content (AvgIpc) is 2.31. The Morgan fingerprint density at radius 3 is 2.50 bits per heavy atom. The summed E-state index contributed by atoms with van der Waals surface area (Å²) in [7, 11) is 0. The Morgan fingerprint density at radius 2 is 1.90 bits per heavy atom. The predicted octanol–water partition coefficient (Wildman–Crippen LogP) is 4.12. The first-order valence-electron chi connectivity index (χ1n) is 5.29. The normalized spacial score (nSPS) is 11.2. The molecule has 2 aromatic rings. The molecule has 0 saturated heterocycles. The maximum absolute atomic E-state index is 12.1. The lowest BCUT2D eigenvalue weighted by molar-refractivity contribution is -0.274. The number of halogens is 4. The topological polar surface area (TPSA) is 57.4 Å². The van der Waals surface area contributed by atoms with E-state index in [9.17, 15) is 13.2 Å². The summed E-state index contributed by atoms with van der Waals surface area (Å²) >= 11 is 2.98. The fourth-order valence-electron chi connectivity index (χ4n) is 1.36. The Balaban J connectivity index is 2.17. The standard InChI is InChI=1S/C12H8BrF3N2O2/c13-8-6-7(4-5-9(8)20-12(14,15)16)19-11-3-1-2-10(17)18-11/h1-6H,(H2,17,18). The molecular formula is C12H8BrF3N2O2. The number of anilines is 1. The molecule has 2 N–H and O–H groups in total. The van der Waals surface area contributed by atoms with Crippen LogP contribution in [0, 0.1) is 0 Å². The van der Waals surface area contributed by atoms with Crippen LogP contribution in [0.2, 0.25) is 0 Å². The molecule has 0 aliphatic heterocycles. The lowest BCUT2D eigenvalue weighted by atomic mass is 10.3. The molecule has 4 nitrogen and oxygen atoms in total. The van der Waals surface area contributed by atoms with E-state index in [4.69, 9.17) is 10.5 Å². The van der Waals surface area contributed by atoms with Crippen molar-refractivity contribution in [2.45, 2.75) is 6.36 Å². The molecule has 0 unspecified atom stereocenters. The van der Waals surface area contributed by atoms with Gasteiger partial charge in [-0.2, -0.15) is 4.98 Å². The van der Waals surface area contributed by atoms with E-state index in [2.05, 4.69) is 25.7 Å². The first-order chi connectivity index (χ1) is 9.33. The van der Waals surface area contributed by atoms with Crippen molar-refractivity contribution in [1.82, 2.24) is 4.98 Å². The van der Waals surface area contributed by atoms with Gasteiger partial charge in [0.1, 0.15) is 17.3 Å². The van der Waals surface area contributed by atoms with Crippen molar-refractivity contribution in [3.8, 4) is 17.4 Å². The zero-order valence-electron chi connectivity index (χ0n) is 9.82. The number of hydrogen-bond acceptors (Lipinski definition) is 4. The molecular weight excluding hydrogens is 341 g/mol. The zero-order chi connectivity index (χ0) is 14.8. The van der Waals surface area contributed by atoms with Crippen LogP contribution in [0.3, 0.4) is 0 Å². The highest BCUT2D eigenvalue weighted by Crippen LogP contribution is 2.34. The van der Waals surface area contributed by atoms with Crippen molar-refractivity contribution < 1.29 is 22.6 Å². The molecule has 0 radical (unpaired) electrons. The van der Waals surface area contributed by atoms with Gasteiger partial charge in [-0.3, -0.25) is 0 Å². The quantitative estimate of drug-likeness (QED) is 0.906. The second-order valence-electron chi connectivity index (χ2n) is 3.64. The van der Waals surface area contributed by atoms with E-state index in [0.29, 0.717) is 5.75 Å². The third-order valence-electron chi connectivity index (χ3n) is 2.10. The molecule has 0 spiro atoms. The maximum atomic E-state index is 12.1. The van der Waals surface area contributed by atoms with Crippen molar-refractivity contribution in [3.63, 3.8) is 0 Å². The Morgan fingerprint density at radius 1 is 1.15 bits per heavy atom. The van der Waals surface area contributed by atoms with Gasteiger partial charge in [-0.25, -0.2) is 0 Å². The lowest BCUT2D eigenvalue weighted by Gasteiger charge is -2.11. The number of aromatic nitrogens is 1. The Bertz CT molecular complexity index is 620. The van der Waals surface area contributed by atoms with Gasteiger partial charge in [-0.1, -0.05) is 6.07 Å². The molecule has 106 valence electrons. The summed E-state index contributed by atoms with van der Waals surface area (Å²) in [6.45, 7) is 0. The van der Waals surface area contributed by atoms with Crippen LogP contribution in [-0.4, -0.2) is 11.3 Å². The van der Waals surface area contributed by atoms with Crippen LogP contribution in [-0.2, 0) is 0 Å². The minimum absolute atomic E-state index is 0.108. The van der Waals surface area contributed by atoms with Crippen LogP contribution in [0.1, 0.15) is 0 Å². The average molecular weight is 349 g/mol. The number of benzene rings is 1. The molecule has 0 fully saturated rings. The second kappa shape index (κ2) is 5.58.